The van der Waals surface area contributed by atoms with Gasteiger partial charge in [0.2, 0.25) is 0 Å². The Bertz CT molecular complexity index is 591. The van der Waals surface area contributed by atoms with Gasteiger partial charge in [0.05, 0.1) is 6.10 Å². The number of aliphatic hydroxyl groups is 1. The van der Waals surface area contributed by atoms with Crippen molar-refractivity contribution in [2.24, 2.45) is 46.3 Å². The fourth-order valence-corrected chi connectivity index (χ4v) is 8.67. The van der Waals surface area contributed by atoms with E-state index in [-0.39, 0.29) is 6.10 Å². The highest BCUT2D eigenvalue weighted by molar-refractivity contribution is 5.25. The van der Waals surface area contributed by atoms with E-state index in [1.54, 1.807) is 5.57 Å². The molecule has 0 aromatic rings. The minimum absolute atomic E-state index is 0.0766. The van der Waals surface area contributed by atoms with Gasteiger partial charge in [0, 0.05) is 0 Å². The summed E-state index contributed by atoms with van der Waals surface area (Å²) in [7, 11) is 0. The third-order valence-electron chi connectivity index (χ3n) is 10.3. The van der Waals surface area contributed by atoms with Crippen LogP contribution in [0.1, 0.15) is 105 Å². The molecule has 0 aromatic carbocycles. The van der Waals surface area contributed by atoms with Crippen molar-refractivity contribution in [1.29, 1.82) is 0 Å². The standard InChI is InChI=1S/C27H46O/c1-18(2)7-6-8-19(3)23-11-12-24-22-10-9-20-17-21(28)13-15-26(20,4)25(22)14-16-27(23,24)5/h9,18-19,21-25,28H,6-8,10-17H2,1-5H3/t19-,21+,22-,23?,24+,25?,26?,27?/m1/s1. The van der Waals surface area contributed by atoms with Gasteiger partial charge in [-0.25, -0.2) is 0 Å². The van der Waals surface area contributed by atoms with Gasteiger partial charge in [-0.2, -0.15) is 0 Å². The Morgan fingerprint density at radius 3 is 2.54 bits per heavy atom. The monoisotopic (exact) mass is 386 g/mol. The van der Waals surface area contributed by atoms with Gasteiger partial charge in [0.1, 0.15) is 0 Å². The summed E-state index contributed by atoms with van der Waals surface area (Å²) in [5, 5.41) is 10.2. The summed E-state index contributed by atoms with van der Waals surface area (Å²) >= 11 is 0. The molecule has 0 aromatic heterocycles. The van der Waals surface area contributed by atoms with Crippen molar-refractivity contribution in [2.45, 2.75) is 111 Å². The predicted molar refractivity (Wildman–Crippen MR) is 119 cm³/mol. The summed E-state index contributed by atoms with van der Waals surface area (Å²) in [6, 6.07) is 0. The Morgan fingerprint density at radius 2 is 1.79 bits per heavy atom. The zero-order valence-electron chi connectivity index (χ0n) is 19.3. The molecular weight excluding hydrogens is 340 g/mol. The topological polar surface area (TPSA) is 20.2 Å². The largest absolute Gasteiger partial charge is 0.393 e. The highest BCUT2D eigenvalue weighted by Gasteiger charge is 2.59. The van der Waals surface area contributed by atoms with Gasteiger partial charge in [0.15, 0.2) is 0 Å². The average Bonchev–Trinajstić information content (AvgIpc) is 2.99. The van der Waals surface area contributed by atoms with E-state index in [1.165, 1.54) is 57.8 Å². The van der Waals surface area contributed by atoms with Crippen LogP contribution in [0.15, 0.2) is 11.6 Å². The van der Waals surface area contributed by atoms with Crippen LogP contribution >= 0.6 is 0 Å². The summed E-state index contributed by atoms with van der Waals surface area (Å²) in [5.74, 6) is 5.46. The molecule has 4 aliphatic carbocycles. The SMILES string of the molecule is CC(C)CCC[C@@H](C)C1CC[C@H]2[C@H]3CC=C4C[C@@H](O)CCC4(C)C3CCC12C. The van der Waals surface area contributed by atoms with Gasteiger partial charge in [-0.05, 0) is 97.7 Å². The Kier molecular flexibility index (Phi) is 5.80. The van der Waals surface area contributed by atoms with Crippen LogP contribution in [0.5, 0.6) is 0 Å². The fraction of sp³-hybridized carbons (Fsp3) is 0.926. The quantitative estimate of drug-likeness (QED) is 0.488. The molecule has 0 aliphatic heterocycles. The van der Waals surface area contributed by atoms with Crippen LogP contribution in [-0.4, -0.2) is 11.2 Å². The van der Waals surface area contributed by atoms with Gasteiger partial charge in [0.25, 0.3) is 0 Å². The van der Waals surface area contributed by atoms with Crippen LogP contribution in [0.3, 0.4) is 0 Å². The Hall–Kier alpha value is -0.300. The molecule has 160 valence electrons. The van der Waals surface area contributed by atoms with E-state index in [4.69, 9.17) is 0 Å². The minimum atomic E-state index is -0.0766. The second-order valence-electron chi connectivity index (χ2n) is 12.2. The molecule has 4 rings (SSSR count). The zero-order valence-corrected chi connectivity index (χ0v) is 19.3. The van der Waals surface area contributed by atoms with Crippen molar-refractivity contribution in [3.63, 3.8) is 0 Å². The smallest absolute Gasteiger partial charge is 0.0577 e. The molecule has 0 amide bonds. The average molecular weight is 387 g/mol. The van der Waals surface area contributed by atoms with E-state index < -0.39 is 0 Å². The Morgan fingerprint density at radius 1 is 1.00 bits per heavy atom. The van der Waals surface area contributed by atoms with Crippen molar-refractivity contribution in [2.75, 3.05) is 0 Å². The normalized spacial score (nSPS) is 46.5. The number of hydrogen-bond acceptors (Lipinski definition) is 1. The fourth-order valence-electron chi connectivity index (χ4n) is 8.67. The lowest BCUT2D eigenvalue weighted by molar-refractivity contribution is -0.0573. The molecule has 3 saturated carbocycles. The third-order valence-corrected chi connectivity index (χ3v) is 10.3. The summed E-state index contributed by atoms with van der Waals surface area (Å²) in [6.45, 7) is 12.6. The van der Waals surface area contributed by atoms with E-state index in [0.717, 1.165) is 48.3 Å². The molecule has 1 N–H and O–H groups in total. The number of fused-ring (bicyclic) bond motifs is 5. The maximum atomic E-state index is 10.2. The Balaban J connectivity index is 1.49. The van der Waals surface area contributed by atoms with Gasteiger partial charge >= 0.3 is 0 Å². The van der Waals surface area contributed by atoms with Crippen LogP contribution in [0.4, 0.5) is 0 Å². The van der Waals surface area contributed by atoms with Crippen LogP contribution in [0.25, 0.3) is 0 Å². The van der Waals surface area contributed by atoms with Gasteiger partial charge < -0.3 is 5.11 Å². The molecule has 4 unspecified atom stereocenters. The van der Waals surface area contributed by atoms with Crippen LogP contribution in [0.2, 0.25) is 0 Å². The molecule has 1 heteroatoms. The summed E-state index contributed by atoms with van der Waals surface area (Å²) < 4.78 is 0. The highest BCUT2D eigenvalue weighted by Crippen LogP contribution is 2.67. The van der Waals surface area contributed by atoms with Crippen LogP contribution < -0.4 is 0 Å². The first kappa shape index (κ1) is 21.0. The minimum Gasteiger partial charge on any atom is -0.393 e. The number of aliphatic hydroxyl groups excluding tert-OH is 1. The van der Waals surface area contributed by atoms with Crippen molar-refractivity contribution in [1.82, 2.24) is 0 Å². The first-order valence-electron chi connectivity index (χ1n) is 12.6. The van der Waals surface area contributed by atoms with Crippen molar-refractivity contribution in [3.8, 4) is 0 Å². The third kappa shape index (κ3) is 3.42. The maximum Gasteiger partial charge on any atom is 0.0577 e. The number of rotatable bonds is 5. The van der Waals surface area contributed by atoms with Crippen LogP contribution in [-0.2, 0) is 0 Å². The van der Waals surface area contributed by atoms with E-state index in [1.807, 2.05) is 0 Å². The lowest BCUT2D eigenvalue weighted by Crippen LogP contribution is -2.50. The van der Waals surface area contributed by atoms with E-state index >= 15 is 0 Å². The van der Waals surface area contributed by atoms with E-state index in [2.05, 4.69) is 40.7 Å². The molecule has 3 fully saturated rings. The van der Waals surface area contributed by atoms with E-state index in [9.17, 15) is 5.11 Å². The number of allylic oxidation sites excluding steroid dienone is 1. The lowest BCUT2D eigenvalue weighted by atomic mass is 9.47. The predicted octanol–water partition coefficient (Wildman–Crippen LogP) is 7.39. The molecule has 8 atom stereocenters. The highest BCUT2D eigenvalue weighted by atomic mass is 16.3. The number of hydrogen-bond donors (Lipinski definition) is 1. The van der Waals surface area contributed by atoms with Gasteiger partial charge in [-0.3, -0.25) is 0 Å². The molecule has 0 radical (unpaired) electrons. The second-order valence-corrected chi connectivity index (χ2v) is 12.2. The van der Waals surface area contributed by atoms with Crippen LogP contribution in [0, 0.1) is 46.3 Å². The summed E-state index contributed by atoms with van der Waals surface area (Å²) in [4.78, 5) is 0. The molecule has 0 heterocycles. The Labute approximate surface area is 174 Å². The molecule has 0 saturated heterocycles. The van der Waals surface area contributed by atoms with E-state index in [0.29, 0.717) is 10.8 Å². The molecular formula is C27H46O. The second kappa shape index (κ2) is 7.75. The molecule has 4 aliphatic rings. The molecule has 0 bridgehead atoms. The van der Waals surface area contributed by atoms with Crippen molar-refractivity contribution < 1.29 is 5.11 Å². The molecule has 28 heavy (non-hydrogen) atoms. The van der Waals surface area contributed by atoms with Crippen molar-refractivity contribution >= 4 is 0 Å². The maximum absolute atomic E-state index is 10.2. The molecule has 0 spiro atoms. The lowest BCUT2D eigenvalue weighted by Gasteiger charge is -2.58. The first-order chi connectivity index (χ1) is 13.3. The van der Waals surface area contributed by atoms with Gasteiger partial charge in [-0.15, -0.1) is 0 Å². The zero-order chi connectivity index (χ0) is 20.1. The molecule has 1 nitrogen and oxygen atoms in total. The van der Waals surface area contributed by atoms with Crippen molar-refractivity contribution in [3.05, 3.63) is 11.6 Å². The summed E-state index contributed by atoms with van der Waals surface area (Å²) in [6.07, 6.45) is 17.2. The van der Waals surface area contributed by atoms with Gasteiger partial charge in [-0.1, -0.05) is 65.5 Å². The summed E-state index contributed by atoms with van der Waals surface area (Å²) in [5.41, 5.74) is 2.60. The first-order valence-corrected chi connectivity index (χ1v) is 12.6.